The molecule has 2 aromatic rings. The number of esters is 1. The van der Waals surface area contributed by atoms with Crippen LogP contribution in [0.4, 0.5) is 5.69 Å². The van der Waals surface area contributed by atoms with E-state index >= 15 is 0 Å². The number of amides is 1. The molecular weight excluding hydrogens is 418 g/mol. The molecule has 0 radical (unpaired) electrons. The normalized spacial score (nSPS) is 15.3. The van der Waals surface area contributed by atoms with E-state index < -0.39 is 34.0 Å². The van der Waals surface area contributed by atoms with Crippen LogP contribution in [0.3, 0.4) is 0 Å². The molecule has 2 aromatic carbocycles. The highest BCUT2D eigenvalue weighted by Crippen LogP contribution is 2.27. The lowest BCUT2D eigenvalue weighted by Crippen LogP contribution is -2.50. The van der Waals surface area contributed by atoms with Crippen LogP contribution in [0.5, 0.6) is 0 Å². The van der Waals surface area contributed by atoms with Gasteiger partial charge in [-0.05, 0) is 49.2 Å². The number of nitriles is 1. The topological polar surface area (TPSA) is 125 Å². The second-order valence-corrected chi connectivity index (χ2v) is 9.06. The molecule has 0 heterocycles. The summed E-state index contributed by atoms with van der Waals surface area (Å²) in [6.45, 7) is -0.516. The average Bonchev–Trinajstić information content (AvgIpc) is 2.78. The number of carbonyl (C=O) groups excluding carboxylic acids is 2. The van der Waals surface area contributed by atoms with Gasteiger partial charge in [-0.15, -0.1) is 0 Å². The van der Waals surface area contributed by atoms with Crippen molar-refractivity contribution in [1.82, 2.24) is 5.32 Å². The van der Waals surface area contributed by atoms with Gasteiger partial charge in [-0.2, -0.15) is 5.26 Å². The van der Waals surface area contributed by atoms with Gasteiger partial charge in [-0.3, -0.25) is 9.52 Å². The van der Waals surface area contributed by atoms with Crippen LogP contribution in [0.25, 0.3) is 0 Å². The third-order valence-corrected chi connectivity index (χ3v) is 6.46. The van der Waals surface area contributed by atoms with Crippen molar-refractivity contribution in [2.45, 2.75) is 42.5 Å². The van der Waals surface area contributed by atoms with Gasteiger partial charge in [0.1, 0.15) is 5.54 Å². The van der Waals surface area contributed by atoms with Gasteiger partial charge in [0.05, 0.1) is 16.5 Å². The Labute approximate surface area is 181 Å². The van der Waals surface area contributed by atoms with Crippen molar-refractivity contribution in [3.05, 3.63) is 60.2 Å². The maximum Gasteiger partial charge on any atom is 0.338 e. The molecule has 0 saturated heterocycles. The Morgan fingerprint density at radius 1 is 1.00 bits per heavy atom. The van der Waals surface area contributed by atoms with Crippen LogP contribution in [0.2, 0.25) is 0 Å². The largest absolute Gasteiger partial charge is 0.452 e. The zero-order valence-electron chi connectivity index (χ0n) is 16.8. The van der Waals surface area contributed by atoms with E-state index in [4.69, 9.17) is 4.74 Å². The molecule has 162 valence electrons. The Bertz CT molecular complexity index is 1070. The Hall–Kier alpha value is -3.38. The van der Waals surface area contributed by atoms with Crippen molar-refractivity contribution in [2.75, 3.05) is 11.3 Å². The summed E-state index contributed by atoms with van der Waals surface area (Å²) in [5.41, 5.74) is -0.368. The van der Waals surface area contributed by atoms with Crippen LogP contribution in [-0.2, 0) is 19.6 Å². The standard InChI is InChI=1S/C22H23N3O5S/c23-16-22(13-5-2-6-14-22)24-20(26)15-30-21(27)17-9-11-19(12-10-17)31(28,29)25-18-7-3-1-4-8-18/h1,3-4,7-12,25H,2,5-6,13-15H2,(H,24,26). The highest BCUT2D eigenvalue weighted by Gasteiger charge is 2.33. The molecule has 1 aliphatic rings. The number of para-hydroxylation sites is 1. The van der Waals surface area contributed by atoms with Crippen LogP contribution < -0.4 is 10.0 Å². The first kappa shape index (κ1) is 22.3. The predicted octanol–water partition coefficient (Wildman–Crippen LogP) is 2.99. The van der Waals surface area contributed by atoms with Crippen LogP contribution in [0.15, 0.2) is 59.5 Å². The fourth-order valence-electron chi connectivity index (χ4n) is 3.43. The van der Waals surface area contributed by atoms with Crippen molar-refractivity contribution in [2.24, 2.45) is 0 Å². The van der Waals surface area contributed by atoms with E-state index in [0.717, 1.165) is 19.3 Å². The highest BCUT2D eigenvalue weighted by atomic mass is 32.2. The Morgan fingerprint density at radius 3 is 2.26 bits per heavy atom. The van der Waals surface area contributed by atoms with Crippen molar-refractivity contribution in [3.8, 4) is 6.07 Å². The summed E-state index contributed by atoms with van der Waals surface area (Å²) in [5, 5.41) is 12.1. The van der Waals surface area contributed by atoms with E-state index in [0.29, 0.717) is 18.5 Å². The van der Waals surface area contributed by atoms with E-state index in [1.165, 1.54) is 24.3 Å². The fraction of sp³-hybridized carbons (Fsp3) is 0.318. The molecule has 9 heteroatoms. The molecule has 1 amide bonds. The van der Waals surface area contributed by atoms with Gasteiger partial charge in [0, 0.05) is 5.69 Å². The van der Waals surface area contributed by atoms with Crippen LogP contribution >= 0.6 is 0 Å². The molecule has 0 bridgehead atoms. The first-order valence-corrected chi connectivity index (χ1v) is 11.4. The molecule has 0 aliphatic heterocycles. The van der Waals surface area contributed by atoms with Crippen molar-refractivity contribution >= 4 is 27.6 Å². The Kier molecular flexibility index (Phi) is 6.92. The van der Waals surface area contributed by atoms with Gasteiger partial charge in [0.2, 0.25) is 0 Å². The molecule has 1 fully saturated rings. The van der Waals surface area contributed by atoms with Gasteiger partial charge in [-0.25, -0.2) is 13.2 Å². The smallest absolute Gasteiger partial charge is 0.338 e. The van der Waals surface area contributed by atoms with Gasteiger partial charge in [-0.1, -0.05) is 37.5 Å². The number of nitrogens with one attached hydrogen (secondary N) is 2. The van der Waals surface area contributed by atoms with Crippen molar-refractivity contribution in [3.63, 3.8) is 0 Å². The van der Waals surface area contributed by atoms with Gasteiger partial charge in [0.25, 0.3) is 15.9 Å². The summed E-state index contributed by atoms with van der Waals surface area (Å²) < 4.78 is 32.3. The number of rotatable bonds is 7. The summed E-state index contributed by atoms with van der Waals surface area (Å²) in [6.07, 6.45) is 3.91. The summed E-state index contributed by atoms with van der Waals surface area (Å²) >= 11 is 0. The molecule has 8 nitrogen and oxygen atoms in total. The molecule has 31 heavy (non-hydrogen) atoms. The van der Waals surface area contributed by atoms with Crippen molar-refractivity contribution < 1.29 is 22.7 Å². The molecule has 0 atom stereocenters. The molecule has 0 unspecified atom stereocenters. The van der Waals surface area contributed by atoms with Crippen LogP contribution in [0.1, 0.15) is 42.5 Å². The zero-order valence-corrected chi connectivity index (χ0v) is 17.7. The Balaban J connectivity index is 1.56. The molecule has 2 N–H and O–H groups in total. The molecule has 3 rings (SSSR count). The van der Waals surface area contributed by atoms with E-state index in [9.17, 15) is 23.3 Å². The lowest BCUT2D eigenvalue weighted by atomic mass is 9.83. The lowest BCUT2D eigenvalue weighted by molar-refractivity contribution is -0.125. The summed E-state index contributed by atoms with van der Waals surface area (Å²) in [5.74, 6) is -1.30. The van der Waals surface area contributed by atoms with E-state index in [-0.39, 0.29) is 10.5 Å². The number of carbonyl (C=O) groups is 2. The Morgan fingerprint density at radius 2 is 1.65 bits per heavy atom. The maximum atomic E-state index is 12.4. The molecular formula is C22H23N3O5S. The van der Waals surface area contributed by atoms with E-state index in [1.807, 2.05) is 0 Å². The number of hydrogen-bond acceptors (Lipinski definition) is 6. The number of ether oxygens (including phenoxy) is 1. The van der Waals surface area contributed by atoms with Crippen LogP contribution in [-0.4, -0.2) is 32.4 Å². The van der Waals surface area contributed by atoms with Gasteiger partial charge < -0.3 is 10.1 Å². The second-order valence-electron chi connectivity index (χ2n) is 7.37. The first-order chi connectivity index (χ1) is 14.8. The van der Waals surface area contributed by atoms with E-state index in [2.05, 4.69) is 16.1 Å². The third-order valence-electron chi connectivity index (χ3n) is 5.06. The number of benzene rings is 2. The maximum absolute atomic E-state index is 12.4. The molecule has 1 saturated carbocycles. The van der Waals surface area contributed by atoms with Gasteiger partial charge in [0.15, 0.2) is 6.61 Å². The minimum atomic E-state index is -3.80. The summed E-state index contributed by atoms with van der Waals surface area (Å²) in [4.78, 5) is 24.3. The minimum absolute atomic E-state index is 0.0149. The number of nitrogens with zero attached hydrogens (tertiary/aromatic N) is 1. The SMILES string of the molecule is N#CC1(NC(=O)COC(=O)c2ccc(S(=O)(=O)Nc3ccccc3)cc2)CCCCC1. The molecule has 1 aliphatic carbocycles. The lowest BCUT2D eigenvalue weighted by Gasteiger charge is -2.31. The minimum Gasteiger partial charge on any atom is -0.452 e. The number of sulfonamides is 1. The average molecular weight is 442 g/mol. The number of hydrogen-bond donors (Lipinski definition) is 2. The third kappa shape index (κ3) is 5.83. The number of anilines is 1. The quantitative estimate of drug-likeness (QED) is 0.636. The second kappa shape index (κ2) is 9.62. The van der Waals surface area contributed by atoms with Gasteiger partial charge >= 0.3 is 5.97 Å². The zero-order chi connectivity index (χ0) is 22.3. The van der Waals surface area contributed by atoms with Crippen molar-refractivity contribution in [1.29, 1.82) is 5.26 Å². The first-order valence-electron chi connectivity index (χ1n) is 9.91. The molecule has 0 aromatic heterocycles. The summed E-state index contributed by atoms with van der Waals surface area (Å²) in [7, 11) is -3.80. The highest BCUT2D eigenvalue weighted by molar-refractivity contribution is 7.92. The summed E-state index contributed by atoms with van der Waals surface area (Å²) in [6, 6.07) is 15.8. The fourth-order valence-corrected chi connectivity index (χ4v) is 4.49. The molecule has 0 spiro atoms. The predicted molar refractivity (Wildman–Crippen MR) is 114 cm³/mol. The monoisotopic (exact) mass is 441 g/mol. The van der Waals surface area contributed by atoms with E-state index in [1.54, 1.807) is 30.3 Å². The van der Waals surface area contributed by atoms with Crippen LogP contribution in [0, 0.1) is 11.3 Å².